The number of aromatic nitrogens is 2. The number of para-hydroxylation sites is 2. The molecule has 112 valence electrons. The van der Waals surface area contributed by atoms with Gasteiger partial charge in [-0.05, 0) is 12.1 Å². The summed E-state index contributed by atoms with van der Waals surface area (Å²) < 4.78 is 0. The maximum Gasteiger partial charge on any atom is 0.414 e. The van der Waals surface area contributed by atoms with Crippen LogP contribution in [0.5, 0.6) is 0 Å². The molecular formula is C11H10N2O8. The number of hydrogen-bond donors (Lipinski definition) is 5. The van der Waals surface area contributed by atoms with E-state index < -0.39 is 23.9 Å². The number of rotatable bonds is 0. The Bertz CT molecular complexity index is 570. The number of nitrogens with zero attached hydrogens (tertiary/aromatic N) is 1. The van der Waals surface area contributed by atoms with Crippen molar-refractivity contribution in [2.45, 2.75) is 0 Å². The zero-order valence-corrected chi connectivity index (χ0v) is 10.3. The molecule has 0 bridgehead atoms. The Morgan fingerprint density at radius 3 is 1.62 bits per heavy atom. The molecule has 10 nitrogen and oxygen atoms in total. The Morgan fingerprint density at radius 1 is 0.810 bits per heavy atom. The molecular weight excluding hydrogens is 288 g/mol. The molecule has 2 aromatic rings. The average molecular weight is 298 g/mol. The van der Waals surface area contributed by atoms with Gasteiger partial charge >= 0.3 is 23.9 Å². The van der Waals surface area contributed by atoms with Crippen molar-refractivity contribution in [3.8, 4) is 0 Å². The van der Waals surface area contributed by atoms with Gasteiger partial charge in [0, 0.05) is 0 Å². The topological polar surface area (TPSA) is 178 Å². The van der Waals surface area contributed by atoms with Gasteiger partial charge in [-0.2, -0.15) is 0 Å². The molecule has 10 heteroatoms. The molecule has 0 aliphatic carbocycles. The lowest BCUT2D eigenvalue weighted by Gasteiger charge is -1.81. The number of H-pyrrole nitrogens is 1. The SMILES string of the molecule is O=C(O)C(=O)O.O=C(O)C(=O)O.c1ccc2[nH]cnc2c1. The number of aliphatic carboxylic acids is 4. The van der Waals surface area contributed by atoms with E-state index in [1.165, 1.54) is 0 Å². The highest BCUT2D eigenvalue weighted by atomic mass is 16.4. The predicted octanol–water partition coefficient (Wildman–Crippen LogP) is -0.126. The first kappa shape index (κ1) is 17.6. The maximum atomic E-state index is 9.10. The first-order valence-corrected chi connectivity index (χ1v) is 5.06. The highest BCUT2D eigenvalue weighted by Gasteiger charge is 2.04. The van der Waals surface area contributed by atoms with E-state index in [9.17, 15) is 0 Å². The number of nitrogens with one attached hydrogen (secondary N) is 1. The van der Waals surface area contributed by atoms with E-state index in [1.54, 1.807) is 6.33 Å². The monoisotopic (exact) mass is 298 g/mol. The Balaban J connectivity index is 0.000000300. The fourth-order valence-corrected chi connectivity index (χ4v) is 0.880. The quantitative estimate of drug-likeness (QED) is 0.414. The van der Waals surface area contributed by atoms with Crippen LogP contribution in [0.3, 0.4) is 0 Å². The molecule has 0 atom stereocenters. The molecule has 0 unspecified atom stereocenters. The van der Waals surface area contributed by atoms with Crippen molar-refractivity contribution < 1.29 is 39.6 Å². The van der Waals surface area contributed by atoms with Gasteiger partial charge in [-0.3, -0.25) is 0 Å². The summed E-state index contributed by atoms with van der Waals surface area (Å²) in [6.07, 6.45) is 1.70. The van der Waals surface area contributed by atoms with Gasteiger partial charge in [0.1, 0.15) is 0 Å². The molecule has 0 fully saturated rings. The fourth-order valence-electron chi connectivity index (χ4n) is 0.880. The molecule has 0 radical (unpaired) electrons. The van der Waals surface area contributed by atoms with E-state index in [0.717, 1.165) is 11.0 Å². The van der Waals surface area contributed by atoms with Gasteiger partial charge in [-0.15, -0.1) is 0 Å². The number of fused-ring (bicyclic) bond motifs is 1. The number of aromatic amines is 1. The molecule has 0 aliphatic heterocycles. The molecule has 0 aliphatic rings. The molecule has 5 N–H and O–H groups in total. The van der Waals surface area contributed by atoms with E-state index in [-0.39, 0.29) is 0 Å². The second-order valence-corrected chi connectivity index (χ2v) is 3.14. The lowest BCUT2D eigenvalue weighted by molar-refractivity contribution is -0.159. The minimum Gasteiger partial charge on any atom is -0.473 e. The van der Waals surface area contributed by atoms with Crippen molar-refractivity contribution in [2.24, 2.45) is 0 Å². The van der Waals surface area contributed by atoms with Crippen molar-refractivity contribution >= 4 is 34.9 Å². The summed E-state index contributed by atoms with van der Waals surface area (Å²) in [7, 11) is 0. The number of carboxylic acid groups (broad SMARTS) is 4. The van der Waals surface area contributed by atoms with Gasteiger partial charge in [0.05, 0.1) is 17.4 Å². The van der Waals surface area contributed by atoms with Crippen LogP contribution in [-0.2, 0) is 19.2 Å². The summed E-state index contributed by atoms with van der Waals surface area (Å²) >= 11 is 0. The number of hydrogen-bond acceptors (Lipinski definition) is 5. The second kappa shape index (κ2) is 8.63. The summed E-state index contributed by atoms with van der Waals surface area (Å²) in [4.78, 5) is 43.5. The third-order valence-corrected chi connectivity index (χ3v) is 1.69. The predicted molar refractivity (Wildman–Crippen MR) is 66.6 cm³/mol. The summed E-state index contributed by atoms with van der Waals surface area (Å²) in [6, 6.07) is 7.94. The Morgan fingerprint density at radius 2 is 1.24 bits per heavy atom. The summed E-state index contributed by atoms with van der Waals surface area (Å²) in [5, 5.41) is 29.6. The van der Waals surface area contributed by atoms with Gasteiger partial charge in [0.25, 0.3) is 0 Å². The molecule has 1 heterocycles. The Kier molecular flexibility index (Phi) is 7.22. The summed E-state index contributed by atoms with van der Waals surface area (Å²) in [6.45, 7) is 0. The van der Waals surface area contributed by atoms with E-state index in [0.29, 0.717) is 0 Å². The zero-order chi connectivity index (χ0) is 16.4. The third-order valence-electron chi connectivity index (χ3n) is 1.69. The van der Waals surface area contributed by atoms with Crippen LogP contribution in [0.4, 0.5) is 0 Å². The summed E-state index contributed by atoms with van der Waals surface area (Å²) in [5.74, 6) is -7.30. The van der Waals surface area contributed by atoms with E-state index in [1.807, 2.05) is 24.3 Å². The van der Waals surface area contributed by atoms with E-state index >= 15 is 0 Å². The average Bonchev–Trinajstić information content (AvgIpc) is 2.88. The van der Waals surface area contributed by atoms with Gasteiger partial charge in [-0.25, -0.2) is 24.2 Å². The van der Waals surface area contributed by atoms with Gasteiger partial charge in [0.15, 0.2) is 0 Å². The Labute approximate surface area is 116 Å². The summed E-state index contributed by atoms with van der Waals surface area (Å²) in [5.41, 5.74) is 2.12. The second-order valence-electron chi connectivity index (χ2n) is 3.14. The Hall–Kier alpha value is -3.43. The van der Waals surface area contributed by atoms with Crippen molar-refractivity contribution in [1.82, 2.24) is 9.97 Å². The fraction of sp³-hybridized carbons (Fsp3) is 0. The molecule has 0 amide bonds. The molecule has 0 saturated heterocycles. The first-order valence-electron chi connectivity index (χ1n) is 5.06. The van der Waals surface area contributed by atoms with Crippen LogP contribution in [0.25, 0.3) is 11.0 Å². The number of carbonyl (C=O) groups is 4. The number of imidazole rings is 1. The van der Waals surface area contributed by atoms with Crippen molar-refractivity contribution in [1.29, 1.82) is 0 Å². The number of benzene rings is 1. The van der Waals surface area contributed by atoms with Crippen LogP contribution < -0.4 is 0 Å². The lowest BCUT2D eigenvalue weighted by atomic mass is 10.3. The van der Waals surface area contributed by atoms with Crippen LogP contribution in [-0.4, -0.2) is 54.3 Å². The number of carboxylic acids is 4. The van der Waals surface area contributed by atoms with Crippen LogP contribution in [0.2, 0.25) is 0 Å². The van der Waals surface area contributed by atoms with Crippen molar-refractivity contribution in [3.63, 3.8) is 0 Å². The minimum absolute atomic E-state index is 1.03. The van der Waals surface area contributed by atoms with Crippen molar-refractivity contribution in [3.05, 3.63) is 30.6 Å². The van der Waals surface area contributed by atoms with Crippen LogP contribution in [0.15, 0.2) is 30.6 Å². The molecule has 2 rings (SSSR count). The normalized spacial score (nSPS) is 8.57. The molecule has 21 heavy (non-hydrogen) atoms. The van der Waals surface area contributed by atoms with Crippen LogP contribution in [0.1, 0.15) is 0 Å². The smallest absolute Gasteiger partial charge is 0.414 e. The minimum atomic E-state index is -1.82. The zero-order valence-electron chi connectivity index (χ0n) is 10.3. The highest BCUT2D eigenvalue weighted by Crippen LogP contribution is 2.05. The van der Waals surface area contributed by atoms with E-state index in [4.69, 9.17) is 39.6 Å². The maximum absolute atomic E-state index is 9.10. The van der Waals surface area contributed by atoms with Crippen LogP contribution >= 0.6 is 0 Å². The van der Waals surface area contributed by atoms with Gasteiger partial charge < -0.3 is 25.4 Å². The van der Waals surface area contributed by atoms with Gasteiger partial charge in [0.2, 0.25) is 0 Å². The van der Waals surface area contributed by atoms with Crippen LogP contribution in [0, 0.1) is 0 Å². The molecule has 0 saturated carbocycles. The third kappa shape index (κ3) is 7.56. The molecule has 1 aromatic heterocycles. The molecule has 1 aromatic carbocycles. The highest BCUT2D eigenvalue weighted by molar-refractivity contribution is 6.27. The lowest BCUT2D eigenvalue weighted by Crippen LogP contribution is -2.09. The van der Waals surface area contributed by atoms with E-state index in [2.05, 4.69) is 9.97 Å². The first-order chi connectivity index (χ1) is 9.75. The van der Waals surface area contributed by atoms with Crippen molar-refractivity contribution in [2.75, 3.05) is 0 Å². The standard InChI is InChI=1S/C7H6N2.2C2H2O4/c1-2-4-7-6(3-1)8-5-9-7;2*3-1(4)2(5)6/h1-5H,(H,8,9);2*(H,3,4)(H,5,6). The largest absolute Gasteiger partial charge is 0.473 e. The van der Waals surface area contributed by atoms with Gasteiger partial charge in [-0.1, -0.05) is 12.1 Å². The molecule has 0 spiro atoms.